The number of rotatable bonds is 9. The zero-order valence-corrected chi connectivity index (χ0v) is 40.2. The first-order chi connectivity index (χ1) is 35.9. The highest BCUT2D eigenvalue weighted by atomic mass is 16.4. The van der Waals surface area contributed by atoms with Crippen LogP contribution in [0.1, 0.15) is 25.0 Å². The molecule has 0 saturated heterocycles. The first-order valence-corrected chi connectivity index (χ1v) is 24.8. The Morgan fingerprint density at radius 1 is 0.315 bits per heavy atom. The Balaban J connectivity index is 0.795. The summed E-state index contributed by atoms with van der Waals surface area (Å²) in [6.07, 6.45) is 0. The second kappa shape index (κ2) is 16.8. The Morgan fingerprint density at radius 2 is 0.685 bits per heavy atom. The highest BCUT2D eigenvalue weighted by molar-refractivity contribution is 5.93. The third kappa shape index (κ3) is 7.34. The molecule has 0 atom stereocenters. The number of hydrogen-bond acceptors (Lipinski definition) is 6. The van der Waals surface area contributed by atoms with E-state index in [1.54, 1.807) is 0 Å². The van der Waals surface area contributed by atoms with Gasteiger partial charge in [0.05, 0.1) is 0 Å². The molecule has 13 aromatic rings. The highest BCUT2D eigenvalue weighted by Gasteiger charge is 2.36. The number of benzene rings is 11. The largest absolute Gasteiger partial charge is 0.436 e. The molecule has 0 bridgehead atoms. The summed E-state index contributed by atoms with van der Waals surface area (Å²) in [6.45, 7) is 4.72. The molecule has 6 nitrogen and oxygen atoms in total. The van der Waals surface area contributed by atoms with Crippen LogP contribution in [0.4, 0.5) is 34.1 Å². The normalized spacial score (nSPS) is 12.6. The monoisotopic (exact) mass is 938 g/mol. The second-order valence-corrected chi connectivity index (χ2v) is 19.5. The molecule has 0 spiro atoms. The van der Waals surface area contributed by atoms with Crippen LogP contribution >= 0.6 is 0 Å². The van der Waals surface area contributed by atoms with Crippen LogP contribution in [0.5, 0.6) is 0 Å². The fourth-order valence-corrected chi connectivity index (χ4v) is 10.9. The third-order valence-electron chi connectivity index (χ3n) is 14.7. The molecular formula is C67H46N4O2. The summed E-state index contributed by atoms with van der Waals surface area (Å²) >= 11 is 0. The molecule has 0 aliphatic heterocycles. The number of anilines is 6. The van der Waals surface area contributed by atoms with E-state index in [4.69, 9.17) is 18.8 Å². The fourth-order valence-electron chi connectivity index (χ4n) is 10.9. The molecule has 1 aliphatic carbocycles. The van der Waals surface area contributed by atoms with Gasteiger partial charge in [-0.05, 0) is 182 Å². The maximum absolute atomic E-state index is 6.16. The van der Waals surface area contributed by atoms with Gasteiger partial charge in [-0.2, -0.15) is 0 Å². The topological polar surface area (TPSA) is 58.5 Å². The van der Waals surface area contributed by atoms with Crippen LogP contribution in [-0.4, -0.2) is 9.97 Å². The lowest BCUT2D eigenvalue weighted by Crippen LogP contribution is -2.16. The van der Waals surface area contributed by atoms with E-state index in [-0.39, 0.29) is 5.41 Å². The van der Waals surface area contributed by atoms with Gasteiger partial charge >= 0.3 is 0 Å². The Morgan fingerprint density at radius 3 is 1.19 bits per heavy atom. The van der Waals surface area contributed by atoms with Crippen LogP contribution in [0, 0.1) is 0 Å². The first kappa shape index (κ1) is 42.4. The van der Waals surface area contributed by atoms with Gasteiger partial charge < -0.3 is 18.6 Å². The predicted molar refractivity (Wildman–Crippen MR) is 300 cm³/mol. The van der Waals surface area contributed by atoms with E-state index >= 15 is 0 Å². The maximum Gasteiger partial charge on any atom is 0.227 e. The molecule has 346 valence electrons. The van der Waals surface area contributed by atoms with Crippen molar-refractivity contribution in [2.45, 2.75) is 19.3 Å². The van der Waals surface area contributed by atoms with Gasteiger partial charge in [-0.3, -0.25) is 0 Å². The summed E-state index contributed by atoms with van der Waals surface area (Å²) < 4.78 is 12.3. The summed E-state index contributed by atoms with van der Waals surface area (Å²) in [6, 6.07) is 86.2. The molecule has 0 radical (unpaired) electrons. The summed E-state index contributed by atoms with van der Waals surface area (Å²) in [5, 5.41) is 4.79. The summed E-state index contributed by atoms with van der Waals surface area (Å²) in [7, 11) is 0. The summed E-state index contributed by atoms with van der Waals surface area (Å²) in [5.74, 6) is 1.22. The molecule has 11 aromatic carbocycles. The van der Waals surface area contributed by atoms with E-state index in [0.29, 0.717) is 11.8 Å². The lowest BCUT2D eigenvalue weighted by molar-refractivity contribution is 0.619. The molecule has 6 heteroatoms. The smallest absolute Gasteiger partial charge is 0.227 e. The minimum absolute atomic E-state index is 0.264. The predicted octanol–water partition coefficient (Wildman–Crippen LogP) is 18.5. The van der Waals surface area contributed by atoms with Gasteiger partial charge in [0, 0.05) is 50.7 Å². The van der Waals surface area contributed by atoms with Crippen LogP contribution in [0.2, 0.25) is 0 Å². The number of hydrogen-bond donors (Lipinski definition) is 0. The van der Waals surface area contributed by atoms with Crippen LogP contribution in [0.25, 0.3) is 88.9 Å². The number of nitrogens with zero attached hydrogens (tertiary/aromatic N) is 4. The van der Waals surface area contributed by atoms with Gasteiger partial charge in [0.2, 0.25) is 11.8 Å². The second-order valence-electron chi connectivity index (χ2n) is 19.5. The van der Waals surface area contributed by atoms with Crippen molar-refractivity contribution in [3.63, 3.8) is 0 Å². The number of oxazole rings is 2. The molecule has 0 saturated carbocycles. The molecule has 0 N–H and O–H groups in total. The Labute approximate surface area is 422 Å². The number of para-hydroxylation sites is 4. The van der Waals surface area contributed by atoms with Crippen molar-refractivity contribution in [1.82, 2.24) is 9.97 Å². The number of fused-ring (bicyclic) bond motifs is 7. The zero-order chi connectivity index (χ0) is 48.6. The van der Waals surface area contributed by atoms with E-state index in [9.17, 15) is 0 Å². The maximum atomic E-state index is 6.16. The lowest BCUT2D eigenvalue weighted by atomic mass is 9.81. The molecule has 14 rings (SSSR count). The van der Waals surface area contributed by atoms with Crippen molar-refractivity contribution in [2.24, 2.45) is 0 Å². The minimum Gasteiger partial charge on any atom is -0.436 e. The molecule has 73 heavy (non-hydrogen) atoms. The average Bonchev–Trinajstić information content (AvgIpc) is 4.14. The van der Waals surface area contributed by atoms with Gasteiger partial charge in [0.1, 0.15) is 11.0 Å². The summed E-state index contributed by atoms with van der Waals surface area (Å²) in [5.41, 5.74) is 18.8. The average molecular weight is 939 g/mol. The molecular weight excluding hydrogens is 893 g/mol. The van der Waals surface area contributed by atoms with E-state index in [1.807, 2.05) is 48.5 Å². The SMILES string of the molecule is CC1(C)c2cc(-c3ccc(N(c4ccc(-c5nc6ccccc6o5)cc4)c4ccc5ccccc5c4)cc3)ccc2-c2ccc(N(c3ccc(-c4nc5ccccc5o4)cc3)c3ccc4ccccc4c3)cc21. The first-order valence-electron chi connectivity index (χ1n) is 24.8. The Hall–Kier alpha value is -9.52. The van der Waals surface area contributed by atoms with Crippen LogP contribution in [-0.2, 0) is 5.41 Å². The van der Waals surface area contributed by atoms with Crippen molar-refractivity contribution >= 4 is 77.9 Å². The van der Waals surface area contributed by atoms with Crippen molar-refractivity contribution in [2.75, 3.05) is 9.80 Å². The van der Waals surface area contributed by atoms with E-state index in [1.165, 1.54) is 49.4 Å². The minimum atomic E-state index is -0.264. The highest BCUT2D eigenvalue weighted by Crippen LogP contribution is 2.52. The standard InChI is InChI=1S/C67H46N4O2/c1-67(2)59-41-50(45-19-28-51(29-20-45)70(54-34-21-43-11-3-5-13-48(43)39-54)52-30-23-46(24-31-52)65-68-61-15-7-9-17-63(61)72-65)27-37-57(59)58-38-36-56(42-60(58)67)71(55-35-22-44-12-4-6-14-49(44)40-55)53-32-25-47(26-33-53)66-69-62-16-8-10-18-64(62)73-66/h3-42H,1-2H3. The van der Waals surface area contributed by atoms with Crippen molar-refractivity contribution in [3.8, 4) is 45.2 Å². The van der Waals surface area contributed by atoms with E-state index in [0.717, 1.165) is 73.0 Å². The van der Waals surface area contributed by atoms with Gasteiger partial charge in [-0.15, -0.1) is 0 Å². The Bertz CT molecular complexity index is 4180. The van der Waals surface area contributed by atoms with Crippen LogP contribution < -0.4 is 9.80 Å². The third-order valence-corrected chi connectivity index (χ3v) is 14.7. The van der Waals surface area contributed by atoms with Crippen LogP contribution in [0.15, 0.2) is 251 Å². The molecule has 2 heterocycles. The lowest BCUT2D eigenvalue weighted by Gasteiger charge is -2.28. The van der Waals surface area contributed by atoms with Gasteiger partial charge in [0.15, 0.2) is 11.2 Å². The summed E-state index contributed by atoms with van der Waals surface area (Å²) in [4.78, 5) is 14.2. The fraction of sp³-hybridized carbons (Fsp3) is 0.0448. The van der Waals surface area contributed by atoms with Gasteiger partial charge in [0.25, 0.3) is 0 Å². The van der Waals surface area contributed by atoms with Crippen molar-refractivity contribution in [3.05, 3.63) is 254 Å². The molecule has 1 aliphatic rings. The Kier molecular flexibility index (Phi) is 9.76. The quantitative estimate of drug-likeness (QED) is 0.144. The number of aromatic nitrogens is 2. The molecule has 2 aromatic heterocycles. The van der Waals surface area contributed by atoms with Crippen molar-refractivity contribution < 1.29 is 8.83 Å². The van der Waals surface area contributed by atoms with Gasteiger partial charge in [-0.25, -0.2) is 9.97 Å². The van der Waals surface area contributed by atoms with Crippen molar-refractivity contribution in [1.29, 1.82) is 0 Å². The molecule has 0 fully saturated rings. The zero-order valence-electron chi connectivity index (χ0n) is 40.2. The van der Waals surface area contributed by atoms with Crippen LogP contribution in [0.3, 0.4) is 0 Å². The van der Waals surface area contributed by atoms with E-state index < -0.39 is 0 Å². The molecule has 0 amide bonds. The van der Waals surface area contributed by atoms with E-state index in [2.05, 4.69) is 218 Å². The molecule has 0 unspecified atom stereocenters. The van der Waals surface area contributed by atoms with Gasteiger partial charge in [-0.1, -0.05) is 129 Å².